The SMILES string of the molecule is CCCO[SiH](CCCCCCCc1ccccc1)OCCC. The molecule has 0 atom stereocenters. The first-order chi connectivity index (χ1) is 10.9. The number of hydrogen-bond acceptors (Lipinski definition) is 2. The highest BCUT2D eigenvalue weighted by molar-refractivity contribution is 6.44. The second kappa shape index (κ2) is 14.0. The van der Waals surface area contributed by atoms with Crippen LogP contribution < -0.4 is 0 Å². The van der Waals surface area contributed by atoms with Gasteiger partial charge in [0.05, 0.1) is 0 Å². The zero-order valence-electron chi connectivity index (χ0n) is 14.6. The van der Waals surface area contributed by atoms with Crippen LogP contribution >= 0.6 is 0 Å². The summed E-state index contributed by atoms with van der Waals surface area (Å²) in [4.78, 5) is 0. The Morgan fingerprint density at radius 1 is 0.773 bits per heavy atom. The number of unbranched alkanes of at least 4 members (excludes halogenated alkanes) is 4. The highest BCUT2D eigenvalue weighted by atomic mass is 28.3. The lowest BCUT2D eigenvalue weighted by atomic mass is 10.1. The van der Waals surface area contributed by atoms with Crippen LogP contribution in [0.1, 0.15) is 64.4 Å². The van der Waals surface area contributed by atoms with Crippen molar-refractivity contribution >= 4 is 9.28 Å². The summed E-state index contributed by atoms with van der Waals surface area (Å²) in [6, 6.07) is 12.0. The molecule has 0 fully saturated rings. The molecule has 0 bridgehead atoms. The number of rotatable bonds is 14. The van der Waals surface area contributed by atoms with Gasteiger partial charge in [-0.3, -0.25) is 0 Å². The Hall–Kier alpha value is -0.643. The largest absolute Gasteiger partial charge is 0.397 e. The van der Waals surface area contributed by atoms with Gasteiger partial charge in [0, 0.05) is 13.2 Å². The van der Waals surface area contributed by atoms with Gasteiger partial charge in [0.1, 0.15) is 0 Å². The molecule has 1 aromatic carbocycles. The normalized spacial score (nSPS) is 11.2. The minimum atomic E-state index is -1.38. The van der Waals surface area contributed by atoms with Gasteiger partial charge in [-0.15, -0.1) is 0 Å². The van der Waals surface area contributed by atoms with E-state index < -0.39 is 9.28 Å². The Morgan fingerprint density at radius 2 is 1.36 bits per heavy atom. The molecule has 0 unspecified atom stereocenters. The number of aryl methyl sites for hydroxylation is 1. The molecule has 0 aromatic heterocycles. The summed E-state index contributed by atoms with van der Waals surface area (Å²) < 4.78 is 11.8. The lowest BCUT2D eigenvalue weighted by molar-refractivity contribution is 0.195. The molecule has 22 heavy (non-hydrogen) atoms. The molecule has 1 rings (SSSR count). The van der Waals surface area contributed by atoms with E-state index >= 15 is 0 Å². The third kappa shape index (κ3) is 10.1. The molecule has 0 radical (unpaired) electrons. The van der Waals surface area contributed by atoms with Crippen LogP contribution in [0.5, 0.6) is 0 Å². The van der Waals surface area contributed by atoms with E-state index in [2.05, 4.69) is 44.2 Å². The van der Waals surface area contributed by atoms with Crippen LogP contribution in [0.25, 0.3) is 0 Å². The summed E-state index contributed by atoms with van der Waals surface area (Å²) in [7, 11) is -1.38. The average molecular weight is 323 g/mol. The summed E-state index contributed by atoms with van der Waals surface area (Å²) in [5.74, 6) is 0. The van der Waals surface area contributed by atoms with E-state index in [0.717, 1.165) is 26.1 Å². The second-order valence-electron chi connectivity index (χ2n) is 5.96. The maximum atomic E-state index is 5.90. The van der Waals surface area contributed by atoms with Gasteiger partial charge in [0.15, 0.2) is 0 Å². The van der Waals surface area contributed by atoms with Crippen LogP contribution in [0.2, 0.25) is 6.04 Å². The summed E-state index contributed by atoms with van der Waals surface area (Å²) in [6.45, 7) is 6.07. The molecule has 3 heteroatoms. The molecular weight excluding hydrogens is 288 g/mol. The van der Waals surface area contributed by atoms with Gasteiger partial charge in [-0.1, -0.05) is 69.9 Å². The Labute approximate surface area is 139 Å². The van der Waals surface area contributed by atoms with Crippen molar-refractivity contribution in [1.29, 1.82) is 0 Å². The van der Waals surface area contributed by atoms with Crippen LogP contribution in [0, 0.1) is 0 Å². The lowest BCUT2D eigenvalue weighted by Crippen LogP contribution is -2.23. The molecule has 126 valence electrons. The van der Waals surface area contributed by atoms with Crippen molar-refractivity contribution < 1.29 is 8.85 Å². The quantitative estimate of drug-likeness (QED) is 0.344. The molecule has 0 saturated heterocycles. The zero-order chi connectivity index (χ0) is 15.9. The zero-order valence-corrected chi connectivity index (χ0v) is 15.7. The Kier molecular flexibility index (Phi) is 12.3. The standard InChI is InChI=1S/C19H34O2Si/c1-3-16-20-22(21-17-4-2)18-12-7-5-6-9-13-19-14-10-8-11-15-19/h8,10-11,14-15,22H,3-7,9,12-13,16-18H2,1-2H3. The van der Waals surface area contributed by atoms with E-state index in [1.807, 2.05) is 0 Å². The van der Waals surface area contributed by atoms with Crippen LogP contribution in [0.3, 0.4) is 0 Å². The summed E-state index contributed by atoms with van der Waals surface area (Å²) in [6.07, 6.45) is 10.00. The van der Waals surface area contributed by atoms with Crippen LogP contribution in [0.15, 0.2) is 30.3 Å². The van der Waals surface area contributed by atoms with Crippen molar-refractivity contribution in [2.75, 3.05) is 13.2 Å². The van der Waals surface area contributed by atoms with Gasteiger partial charge < -0.3 is 8.85 Å². The maximum Gasteiger partial charge on any atom is 0.321 e. The van der Waals surface area contributed by atoms with Gasteiger partial charge in [-0.05, 0) is 37.3 Å². The molecule has 0 spiro atoms. The summed E-state index contributed by atoms with van der Waals surface area (Å²) >= 11 is 0. The van der Waals surface area contributed by atoms with Crippen molar-refractivity contribution in [2.45, 2.75) is 71.3 Å². The lowest BCUT2D eigenvalue weighted by Gasteiger charge is -2.16. The molecule has 0 aliphatic heterocycles. The minimum Gasteiger partial charge on any atom is -0.397 e. The second-order valence-corrected chi connectivity index (χ2v) is 8.07. The van der Waals surface area contributed by atoms with E-state index in [1.54, 1.807) is 0 Å². The maximum absolute atomic E-state index is 5.90. The topological polar surface area (TPSA) is 18.5 Å². The molecule has 0 aliphatic carbocycles. The average Bonchev–Trinajstić information content (AvgIpc) is 2.56. The van der Waals surface area contributed by atoms with Crippen LogP contribution in [-0.2, 0) is 15.3 Å². The summed E-state index contributed by atoms with van der Waals surface area (Å²) in [5.41, 5.74) is 1.47. The van der Waals surface area contributed by atoms with Crippen LogP contribution in [0.4, 0.5) is 0 Å². The van der Waals surface area contributed by atoms with Crippen molar-refractivity contribution in [1.82, 2.24) is 0 Å². The van der Waals surface area contributed by atoms with Crippen molar-refractivity contribution in [3.8, 4) is 0 Å². The highest BCUT2D eigenvalue weighted by Crippen LogP contribution is 2.12. The van der Waals surface area contributed by atoms with Crippen molar-refractivity contribution in [3.05, 3.63) is 35.9 Å². The predicted octanol–water partition coefficient (Wildman–Crippen LogP) is 5.25. The minimum absolute atomic E-state index is 0.873. The van der Waals surface area contributed by atoms with Gasteiger partial charge >= 0.3 is 9.28 Å². The molecule has 0 N–H and O–H groups in total. The Balaban J connectivity index is 2.00. The number of hydrogen-bond donors (Lipinski definition) is 0. The molecule has 2 nitrogen and oxygen atoms in total. The fourth-order valence-corrected chi connectivity index (χ4v) is 4.58. The first kappa shape index (κ1) is 19.4. The van der Waals surface area contributed by atoms with Gasteiger partial charge in [0.2, 0.25) is 0 Å². The third-order valence-electron chi connectivity index (χ3n) is 3.76. The molecule has 0 saturated carbocycles. The molecule has 1 aromatic rings. The van der Waals surface area contributed by atoms with Crippen molar-refractivity contribution in [2.24, 2.45) is 0 Å². The predicted molar refractivity (Wildman–Crippen MR) is 97.7 cm³/mol. The summed E-state index contributed by atoms with van der Waals surface area (Å²) in [5, 5.41) is 0. The van der Waals surface area contributed by atoms with Crippen LogP contribution in [-0.4, -0.2) is 22.5 Å². The smallest absolute Gasteiger partial charge is 0.321 e. The van der Waals surface area contributed by atoms with E-state index in [-0.39, 0.29) is 0 Å². The highest BCUT2D eigenvalue weighted by Gasteiger charge is 2.12. The fraction of sp³-hybridized carbons (Fsp3) is 0.684. The third-order valence-corrected chi connectivity index (χ3v) is 5.86. The van der Waals surface area contributed by atoms with Gasteiger partial charge in [-0.25, -0.2) is 0 Å². The number of benzene rings is 1. The van der Waals surface area contributed by atoms with E-state index in [1.165, 1.54) is 50.1 Å². The first-order valence-corrected chi connectivity index (χ1v) is 10.9. The molecule has 0 aliphatic rings. The van der Waals surface area contributed by atoms with Gasteiger partial charge in [-0.2, -0.15) is 0 Å². The molecule has 0 amide bonds. The Morgan fingerprint density at radius 3 is 2.00 bits per heavy atom. The van der Waals surface area contributed by atoms with E-state index in [4.69, 9.17) is 8.85 Å². The first-order valence-electron chi connectivity index (χ1n) is 9.14. The molecular formula is C19H34O2Si. The monoisotopic (exact) mass is 322 g/mol. The van der Waals surface area contributed by atoms with E-state index in [9.17, 15) is 0 Å². The fourth-order valence-electron chi connectivity index (χ4n) is 2.53. The molecule has 0 heterocycles. The van der Waals surface area contributed by atoms with Gasteiger partial charge in [0.25, 0.3) is 0 Å². The van der Waals surface area contributed by atoms with E-state index in [0.29, 0.717) is 0 Å². The van der Waals surface area contributed by atoms with Crippen molar-refractivity contribution in [3.63, 3.8) is 0 Å². The Bertz CT molecular complexity index is 335.